The number of amides is 1. The lowest BCUT2D eigenvalue weighted by molar-refractivity contribution is 0.0509. The van der Waals surface area contributed by atoms with Crippen LogP contribution in [0.4, 0.5) is 14.9 Å². The summed E-state index contributed by atoms with van der Waals surface area (Å²) in [4.78, 5) is 13.7. The first-order chi connectivity index (χ1) is 9.76. The summed E-state index contributed by atoms with van der Waals surface area (Å²) in [6.45, 7) is 10.6. The lowest BCUT2D eigenvalue weighted by Gasteiger charge is -2.23. The van der Waals surface area contributed by atoms with E-state index in [0.717, 1.165) is 6.42 Å². The first-order valence-corrected chi connectivity index (χ1v) is 7.11. The van der Waals surface area contributed by atoms with Gasteiger partial charge < -0.3 is 15.0 Å². The Labute approximate surface area is 125 Å². The van der Waals surface area contributed by atoms with Crippen LogP contribution < -0.4 is 10.2 Å². The predicted molar refractivity (Wildman–Crippen MR) is 80.8 cm³/mol. The highest BCUT2D eigenvalue weighted by Crippen LogP contribution is 2.27. The molecule has 2 rings (SSSR count). The van der Waals surface area contributed by atoms with Gasteiger partial charge in [0.15, 0.2) is 0 Å². The molecule has 1 radical (unpaired) electrons. The second-order valence-electron chi connectivity index (χ2n) is 6.33. The van der Waals surface area contributed by atoms with Crippen molar-refractivity contribution in [2.24, 2.45) is 0 Å². The van der Waals surface area contributed by atoms with Gasteiger partial charge in [-0.3, -0.25) is 0 Å². The van der Waals surface area contributed by atoms with Crippen molar-refractivity contribution in [3.05, 3.63) is 36.5 Å². The van der Waals surface area contributed by atoms with Crippen LogP contribution in [0.5, 0.6) is 0 Å². The van der Waals surface area contributed by atoms with Crippen molar-refractivity contribution >= 4 is 11.8 Å². The molecule has 1 fully saturated rings. The molecule has 1 heterocycles. The van der Waals surface area contributed by atoms with Crippen LogP contribution in [0.3, 0.4) is 0 Å². The summed E-state index contributed by atoms with van der Waals surface area (Å²) in [5, 5.41) is 2.83. The number of carbonyl (C=O) groups is 1. The quantitative estimate of drug-likeness (QED) is 0.911. The van der Waals surface area contributed by atoms with E-state index in [2.05, 4.69) is 12.2 Å². The Balaban J connectivity index is 1.97. The van der Waals surface area contributed by atoms with Crippen molar-refractivity contribution in [2.75, 3.05) is 18.0 Å². The average Bonchev–Trinajstić information content (AvgIpc) is 2.74. The number of nitrogens with one attached hydrogen (secondary N) is 1. The third-order valence-corrected chi connectivity index (χ3v) is 3.30. The zero-order valence-electron chi connectivity index (χ0n) is 12.8. The molecule has 1 aliphatic heterocycles. The summed E-state index contributed by atoms with van der Waals surface area (Å²) >= 11 is 0. The molecule has 0 aromatic heterocycles. The standard InChI is InChI=1S/C16H22FN2O2/c1-11-6-5-7-13(17)14(11)19-9-8-12(10-19)18-15(20)21-16(2,3)4/h5-7,12H,1,8-10H2,2-4H3,(H,18,20)/t12-/m1/s1. The fourth-order valence-electron chi connectivity index (χ4n) is 2.47. The molecule has 0 spiro atoms. The summed E-state index contributed by atoms with van der Waals surface area (Å²) < 4.78 is 19.2. The van der Waals surface area contributed by atoms with Gasteiger partial charge in [-0.1, -0.05) is 12.1 Å². The Morgan fingerprint density at radius 1 is 1.48 bits per heavy atom. The van der Waals surface area contributed by atoms with Crippen LogP contribution in [-0.2, 0) is 4.74 Å². The number of alkyl carbamates (subject to hydrolysis) is 1. The normalized spacial score (nSPS) is 18.7. The van der Waals surface area contributed by atoms with Crippen LogP contribution in [-0.4, -0.2) is 30.8 Å². The van der Waals surface area contributed by atoms with Crippen LogP contribution in [0, 0.1) is 12.7 Å². The van der Waals surface area contributed by atoms with E-state index in [0.29, 0.717) is 24.3 Å². The van der Waals surface area contributed by atoms with E-state index in [-0.39, 0.29) is 11.9 Å². The summed E-state index contributed by atoms with van der Waals surface area (Å²) in [5.41, 5.74) is 0.660. The van der Waals surface area contributed by atoms with Crippen LogP contribution in [0.1, 0.15) is 32.8 Å². The van der Waals surface area contributed by atoms with E-state index in [9.17, 15) is 9.18 Å². The lowest BCUT2D eigenvalue weighted by Crippen LogP contribution is -2.40. The second kappa shape index (κ2) is 5.92. The monoisotopic (exact) mass is 293 g/mol. The van der Waals surface area contributed by atoms with Gasteiger partial charge in [0.05, 0.1) is 11.7 Å². The summed E-state index contributed by atoms with van der Waals surface area (Å²) in [7, 11) is 0. The molecule has 4 nitrogen and oxygen atoms in total. The van der Waals surface area contributed by atoms with E-state index in [4.69, 9.17) is 4.74 Å². The molecule has 1 aliphatic rings. The van der Waals surface area contributed by atoms with Gasteiger partial charge in [0.25, 0.3) is 0 Å². The van der Waals surface area contributed by atoms with E-state index >= 15 is 0 Å². The Morgan fingerprint density at radius 2 is 2.19 bits per heavy atom. The number of benzene rings is 1. The Kier molecular flexibility index (Phi) is 4.40. The topological polar surface area (TPSA) is 41.6 Å². The number of rotatable bonds is 2. The van der Waals surface area contributed by atoms with Crippen molar-refractivity contribution in [1.82, 2.24) is 5.32 Å². The number of nitrogens with zero attached hydrogens (tertiary/aromatic N) is 1. The van der Waals surface area contributed by atoms with Gasteiger partial charge in [-0.2, -0.15) is 0 Å². The molecular weight excluding hydrogens is 271 g/mol. The number of hydrogen-bond donors (Lipinski definition) is 1. The largest absolute Gasteiger partial charge is 0.444 e. The van der Waals surface area contributed by atoms with Crippen molar-refractivity contribution in [3.8, 4) is 0 Å². The summed E-state index contributed by atoms with van der Waals surface area (Å²) in [6, 6.07) is 4.82. The number of hydrogen-bond acceptors (Lipinski definition) is 3. The first kappa shape index (κ1) is 15.6. The van der Waals surface area contributed by atoms with Crippen molar-refractivity contribution in [3.63, 3.8) is 0 Å². The minimum Gasteiger partial charge on any atom is -0.444 e. The van der Waals surface area contributed by atoms with E-state index in [1.165, 1.54) is 6.07 Å². The van der Waals surface area contributed by atoms with Gasteiger partial charge in [-0.05, 0) is 45.7 Å². The first-order valence-electron chi connectivity index (χ1n) is 7.11. The molecular formula is C16H22FN2O2. The summed E-state index contributed by atoms with van der Waals surface area (Å²) in [6.07, 6.45) is 0.324. The molecule has 1 aromatic rings. The molecule has 1 N–H and O–H groups in total. The fraction of sp³-hybridized carbons (Fsp3) is 0.500. The Bertz CT molecular complexity index is 505. The van der Waals surface area contributed by atoms with E-state index in [1.54, 1.807) is 12.1 Å². The number of anilines is 1. The minimum absolute atomic E-state index is 0.0427. The van der Waals surface area contributed by atoms with Gasteiger partial charge in [0.1, 0.15) is 11.4 Å². The van der Waals surface area contributed by atoms with Crippen molar-refractivity contribution in [2.45, 2.75) is 38.8 Å². The number of halogens is 1. The molecule has 1 saturated heterocycles. The van der Waals surface area contributed by atoms with E-state index in [1.807, 2.05) is 25.7 Å². The summed E-state index contributed by atoms with van der Waals surface area (Å²) in [5.74, 6) is -0.277. The molecule has 115 valence electrons. The van der Waals surface area contributed by atoms with Gasteiger partial charge >= 0.3 is 6.09 Å². The molecule has 0 unspecified atom stereocenters. The van der Waals surface area contributed by atoms with Crippen molar-refractivity contribution in [1.29, 1.82) is 0 Å². The number of para-hydroxylation sites is 1. The zero-order valence-corrected chi connectivity index (χ0v) is 12.8. The average molecular weight is 293 g/mol. The fourth-order valence-corrected chi connectivity index (χ4v) is 2.47. The molecule has 0 aliphatic carbocycles. The highest BCUT2D eigenvalue weighted by Gasteiger charge is 2.28. The minimum atomic E-state index is -0.519. The second-order valence-corrected chi connectivity index (χ2v) is 6.33. The SMILES string of the molecule is [CH2]c1cccc(F)c1N1CC[C@@H](NC(=O)OC(C)(C)C)C1. The van der Waals surface area contributed by atoms with Crippen LogP contribution in [0.2, 0.25) is 0 Å². The lowest BCUT2D eigenvalue weighted by atomic mass is 10.2. The number of carbonyl (C=O) groups excluding carboxylic acids is 1. The highest BCUT2D eigenvalue weighted by molar-refractivity contribution is 5.68. The van der Waals surface area contributed by atoms with Gasteiger partial charge in [-0.15, -0.1) is 0 Å². The van der Waals surface area contributed by atoms with Crippen LogP contribution in [0.15, 0.2) is 18.2 Å². The Morgan fingerprint density at radius 3 is 2.81 bits per heavy atom. The molecule has 0 saturated carbocycles. The highest BCUT2D eigenvalue weighted by atomic mass is 19.1. The molecule has 1 amide bonds. The molecule has 0 bridgehead atoms. The zero-order chi connectivity index (χ0) is 15.6. The van der Waals surface area contributed by atoms with Gasteiger partial charge in [-0.25, -0.2) is 9.18 Å². The predicted octanol–water partition coefficient (Wildman–Crippen LogP) is 3.11. The van der Waals surface area contributed by atoms with Crippen molar-refractivity contribution < 1.29 is 13.9 Å². The maximum Gasteiger partial charge on any atom is 0.407 e. The molecule has 1 atom stereocenters. The molecule has 1 aromatic carbocycles. The Hall–Kier alpha value is -1.78. The number of ether oxygens (including phenoxy) is 1. The molecule has 5 heteroatoms. The van der Waals surface area contributed by atoms with Crippen LogP contribution in [0.25, 0.3) is 0 Å². The maximum atomic E-state index is 13.9. The molecule has 21 heavy (non-hydrogen) atoms. The van der Waals surface area contributed by atoms with E-state index < -0.39 is 11.7 Å². The maximum absolute atomic E-state index is 13.9. The van der Waals surface area contributed by atoms with Crippen LogP contribution >= 0.6 is 0 Å². The third kappa shape index (κ3) is 4.09. The smallest absolute Gasteiger partial charge is 0.407 e. The van der Waals surface area contributed by atoms with Gasteiger partial charge in [0, 0.05) is 13.1 Å². The third-order valence-electron chi connectivity index (χ3n) is 3.30. The van der Waals surface area contributed by atoms with Gasteiger partial charge in [0.2, 0.25) is 0 Å².